The molecular formula is C17H20ClNO2. The zero-order chi connectivity index (χ0) is 15.2. The van der Waals surface area contributed by atoms with Crippen molar-refractivity contribution in [1.82, 2.24) is 4.90 Å². The number of benzene rings is 1. The SMILES string of the molecule is CC1CCCCCN1C(=O)c1ccc(C#CCO)c(Cl)c1. The van der Waals surface area contributed by atoms with Gasteiger partial charge in [-0.25, -0.2) is 0 Å². The smallest absolute Gasteiger partial charge is 0.254 e. The average Bonchev–Trinajstić information content (AvgIpc) is 2.70. The lowest BCUT2D eigenvalue weighted by Crippen LogP contribution is -2.38. The van der Waals surface area contributed by atoms with Crippen molar-refractivity contribution in [3.63, 3.8) is 0 Å². The van der Waals surface area contributed by atoms with Gasteiger partial charge in [-0.1, -0.05) is 36.3 Å². The third kappa shape index (κ3) is 4.00. The van der Waals surface area contributed by atoms with E-state index in [4.69, 9.17) is 16.7 Å². The number of nitrogens with zero attached hydrogens (tertiary/aromatic N) is 1. The number of carbonyl (C=O) groups excluding carboxylic acids is 1. The Labute approximate surface area is 130 Å². The lowest BCUT2D eigenvalue weighted by atomic mass is 10.1. The van der Waals surface area contributed by atoms with Gasteiger partial charge in [-0.15, -0.1) is 0 Å². The Morgan fingerprint density at radius 1 is 1.43 bits per heavy atom. The Hall–Kier alpha value is -1.50. The molecule has 1 aliphatic rings. The third-order valence-corrected chi connectivity index (χ3v) is 4.14. The largest absolute Gasteiger partial charge is 0.384 e. The molecule has 1 aliphatic heterocycles. The molecule has 1 aromatic carbocycles. The molecule has 0 saturated carbocycles. The molecule has 1 heterocycles. The van der Waals surface area contributed by atoms with Crippen LogP contribution in [0, 0.1) is 11.8 Å². The highest BCUT2D eigenvalue weighted by molar-refractivity contribution is 6.32. The molecule has 4 heteroatoms. The second-order valence-electron chi connectivity index (χ2n) is 5.35. The third-order valence-electron chi connectivity index (χ3n) is 3.83. The van der Waals surface area contributed by atoms with Gasteiger partial charge in [0.25, 0.3) is 5.91 Å². The summed E-state index contributed by atoms with van der Waals surface area (Å²) in [4.78, 5) is 14.6. The van der Waals surface area contributed by atoms with Gasteiger partial charge in [0, 0.05) is 23.7 Å². The van der Waals surface area contributed by atoms with Gasteiger partial charge < -0.3 is 10.0 Å². The van der Waals surface area contributed by atoms with Gasteiger partial charge in [0.15, 0.2) is 0 Å². The van der Waals surface area contributed by atoms with E-state index in [1.807, 2.05) is 4.90 Å². The highest BCUT2D eigenvalue weighted by Crippen LogP contribution is 2.22. The average molecular weight is 306 g/mol. The number of aliphatic hydroxyl groups excluding tert-OH is 1. The first kappa shape index (κ1) is 15.9. The normalized spacial score (nSPS) is 18.6. The molecule has 2 rings (SSSR count). The molecule has 0 aromatic heterocycles. The Morgan fingerprint density at radius 2 is 2.24 bits per heavy atom. The first-order chi connectivity index (χ1) is 10.1. The maximum absolute atomic E-state index is 12.6. The predicted molar refractivity (Wildman–Crippen MR) is 84.4 cm³/mol. The summed E-state index contributed by atoms with van der Waals surface area (Å²) in [5.41, 5.74) is 1.23. The summed E-state index contributed by atoms with van der Waals surface area (Å²) in [6.45, 7) is 2.71. The summed E-state index contributed by atoms with van der Waals surface area (Å²) in [6.07, 6.45) is 4.48. The standard InChI is InChI=1S/C17H20ClNO2/c1-13-6-3-2-4-10-19(13)17(21)15-9-8-14(7-5-11-20)16(18)12-15/h8-9,12-13,20H,2-4,6,10-11H2,1H3. The van der Waals surface area contributed by atoms with Crippen molar-refractivity contribution >= 4 is 17.5 Å². The van der Waals surface area contributed by atoms with E-state index >= 15 is 0 Å². The van der Waals surface area contributed by atoms with Crippen LogP contribution in [0.3, 0.4) is 0 Å². The Bertz CT molecular complexity index is 574. The molecule has 0 bridgehead atoms. The molecule has 1 atom stereocenters. The van der Waals surface area contributed by atoms with Gasteiger partial charge in [-0.2, -0.15) is 0 Å². The summed E-state index contributed by atoms with van der Waals surface area (Å²) in [5.74, 6) is 5.36. The Morgan fingerprint density at radius 3 is 2.95 bits per heavy atom. The van der Waals surface area contributed by atoms with Gasteiger partial charge >= 0.3 is 0 Å². The fraction of sp³-hybridized carbons (Fsp3) is 0.471. The Balaban J connectivity index is 2.20. The number of carbonyl (C=O) groups is 1. The second kappa shape index (κ2) is 7.49. The van der Waals surface area contributed by atoms with E-state index in [2.05, 4.69) is 18.8 Å². The van der Waals surface area contributed by atoms with Crippen molar-refractivity contribution in [3.05, 3.63) is 34.3 Å². The quantitative estimate of drug-likeness (QED) is 0.810. The van der Waals surface area contributed by atoms with Crippen molar-refractivity contribution in [3.8, 4) is 11.8 Å². The summed E-state index contributed by atoms with van der Waals surface area (Å²) >= 11 is 6.16. The van der Waals surface area contributed by atoms with E-state index < -0.39 is 0 Å². The molecule has 1 saturated heterocycles. The zero-order valence-electron chi connectivity index (χ0n) is 12.2. The maximum atomic E-state index is 12.6. The van der Waals surface area contributed by atoms with Crippen LogP contribution in [0.15, 0.2) is 18.2 Å². The Kier molecular flexibility index (Phi) is 5.67. The molecule has 21 heavy (non-hydrogen) atoms. The van der Waals surface area contributed by atoms with E-state index in [0.717, 1.165) is 19.4 Å². The van der Waals surface area contributed by atoms with Gasteiger partial charge in [0.1, 0.15) is 6.61 Å². The van der Waals surface area contributed by atoms with Crippen LogP contribution in [0.1, 0.15) is 48.5 Å². The molecule has 1 fully saturated rings. The van der Waals surface area contributed by atoms with Crippen LogP contribution in [0.5, 0.6) is 0 Å². The summed E-state index contributed by atoms with van der Waals surface area (Å²) < 4.78 is 0. The zero-order valence-corrected chi connectivity index (χ0v) is 13.0. The summed E-state index contributed by atoms with van der Waals surface area (Å²) in [6, 6.07) is 5.43. The molecule has 0 spiro atoms. The van der Waals surface area contributed by atoms with Gasteiger partial charge in [0.05, 0.1) is 5.02 Å². The number of amides is 1. The highest BCUT2D eigenvalue weighted by Gasteiger charge is 2.23. The minimum absolute atomic E-state index is 0.0352. The molecule has 1 unspecified atom stereocenters. The van der Waals surface area contributed by atoms with Gasteiger partial charge in [0.2, 0.25) is 0 Å². The van der Waals surface area contributed by atoms with Gasteiger partial charge in [-0.3, -0.25) is 4.79 Å². The van der Waals surface area contributed by atoms with Crippen LogP contribution in [0.25, 0.3) is 0 Å². The van der Waals surface area contributed by atoms with Crippen LogP contribution >= 0.6 is 11.6 Å². The van der Waals surface area contributed by atoms with E-state index in [1.54, 1.807) is 18.2 Å². The number of aliphatic hydroxyl groups is 1. The van der Waals surface area contributed by atoms with Crippen molar-refractivity contribution < 1.29 is 9.90 Å². The fourth-order valence-electron chi connectivity index (χ4n) is 2.63. The van der Waals surface area contributed by atoms with Crippen molar-refractivity contribution in [2.45, 2.75) is 38.6 Å². The lowest BCUT2D eigenvalue weighted by Gasteiger charge is -2.27. The lowest BCUT2D eigenvalue weighted by molar-refractivity contribution is 0.0698. The van der Waals surface area contributed by atoms with Crippen LogP contribution in [-0.4, -0.2) is 35.1 Å². The molecule has 0 radical (unpaired) electrons. The summed E-state index contributed by atoms with van der Waals surface area (Å²) in [5, 5.41) is 9.16. The monoisotopic (exact) mass is 305 g/mol. The molecule has 112 valence electrons. The number of rotatable bonds is 1. The molecule has 1 N–H and O–H groups in total. The van der Waals surface area contributed by atoms with Crippen LogP contribution in [0.2, 0.25) is 5.02 Å². The van der Waals surface area contributed by atoms with Crippen molar-refractivity contribution in [2.75, 3.05) is 13.2 Å². The number of hydrogen-bond acceptors (Lipinski definition) is 2. The highest BCUT2D eigenvalue weighted by atomic mass is 35.5. The molecule has 1 aromatic rings. The first-order valence-electron chi connectivity index (χ1n) is 7.33. The van der Waals surface area contributed by atoms with Crippen LogP contribution < -0.4 is 0 Å². The molecule has 3 nitrogen and oxygen atoms in total. The summed E-state index contributed by atoms with van der Waals surface area (Å²) in [7, 11) is 0. The van der Waals surface area contributed by atoms with Crippen molar-refractivity contribution in [1.29, 1.82) is 0 Å². The maximum Gasteiger partial charge on any atom is 0.254 e. The molecular weight excluding hydrogens is 286 g/mol. The molecule has 0 aliphatic carbocycles. The topological polar surface area (TPSA) is 40.5 Å². The van der Waals surface area contributed by atoms with E-state index in [1.165, 1.54) is 12.8 Å². The fourth-order valence-corrected chi connectivity index (χ4v) is 2.85. The minimum atomic E-state index is -0.206. The minimum Gasteiger partial charge on any atom is -0.384 e. The van der Waals surface area contributed by atoms with E-state index in [-0.39, 0.29) is 18.6 Å². The van der Waals surface area contributed by atoms with Gasteiger partial charge in [-0.05, 0) is 38.0 Å². The van der Waals surface area contributed by atoms with Crippen LogP contribution in [0.4, 0.5) is 0 Å². The molecule has 1 amide bonds. The van der Waals surface area contributed by atoms with E-state index in [9.17, 15) is 4.79 Å². The number of hydrogen-bond donors (Lipinski definition) is 1. The van der Waals surface area contributed by atoms with Crippen molar-refractivity contribution in [2.24, 2.45) is 0 Å². The number of likely N-dealkylation sites (tertiary alicyclic amines) is 1. The van der Waals surface area contributed by atoms with E-state index in [0.29, 0.717) is 16.1 Å². The predicted octanol–water partition coefficient (Wildman–Crippen LogP) is 3.09. The van der Waals surface area contributed by atoms with Crippen LogP contribution in [-0.2, 0) is 0 Å². The number of halogens is 1. The first-order valence-corrected chi connectivity index (χ1v) is 7.71. The second-order valence-corrected chi connectivity index (χ2v) is 5.76.